The molecule has 5 rings (SSSR count). The lowest BCUT2D eigenvalue weighted by Crippen LogP contribution is -2.40. The molecule has 0 radical (unpaired) electrons. The van der Waals surface area contributed by atoms with Crippen LogP contribution in [0.15, 0.2) is 48.5 Å². The first-order valence-electron chi connectivity index (χ1n) is 11.8. The zero-order valence-corrected chi connectivity index (χ0v) is 18.5. The Bertz CT molecular complexity index is 1060. The molecule has 2 heterocycles. The third-order valence-corrected chi connectivity index (χ3v) is 7.03. The average Bonchev–Trinajstić information content (AvgIpc) is 3.13. The van der Waals surface area contributed by atoms with Gasteiger partial charge in [0.2, 0.25) is 5.91 Å². The largest absolute Gasteiger partial charge is 0.492 e. The summed E-state index contributed by atoms with van der Waals surface area (Å²) < 4.78 is 8.45. The maximum absolute atomic E-state index is 13.2. The first kappa shape index (κ1) is 20.2. The number of fused-ring (bicyclic) bond motifs is 3. The number of aromatic nitrogens is 1. The molecule has 0 bridgehead atoms. The number of carbonyl (C=O) groups excluding carboxylic acids is 1. The molecule has 0 N–H and O–H groups in total. The molecular formula is C27H32N2O2. The van der Waals surface area contributed by atoms with Crippen LogP contribution in [-0.2, 0) is 24.3 Å². The number of amides is 1. The topological polar surface area (TPSA) is 34.5 Å². The standard InChI is InChI=1S/C27H32N2O2/c1-20-11-13-22(14-12-20)31-18-17-29-25-10-6-5-9-23(25)24-19-28(16-15-26(24)29)27(30)21-7-3-2-4-8-21/h5-6,9-14,21H,2-4,7-8,15-19H2,1H3. The number of hydrogen-bond acceptors (Lipinski definition) is 2. The van der Waals surface area contributed by atoms with Crippen LogP contribution in [0, 0.1) is 12.8 Å². The van der Waals surface area contributed by atoms with Crippen LogP contribution in [-0.4, -0.2) is 28.5 Å². The van der Waals surface area contributed by atoms with Crippen molar-refractivity contribution in [2.45, 2.75) is 58.5 Å². The van der Waals surface area contributed by atoms with Crippen LogP contribution >= 0.6 is 0 Å². The Morgan fingerprint density at radius 3 is 2.61 bits per heavy atom. The summed E-state index contributed by atoms with van der Waals surface area (Å²) in [7, 11) is 0. The third-order valence-electron chi connectivity index (χ3n) is 7.03. The molecule has 2 aromatic carbocycles. The fraction of sp³-hybridized carbons (Fsp3) is 0.444. The van der Waals surface area contributed by atoms with E-state index in [0.717, 1.165) is 44.6 Å². The second-order valence-corrected chi connectivity index (χ2v) is 9.10. The van der Waals surface area contributed by atoms with E-state index in [1.807, 2.05) is 12.1 Å². The van der Waals surface area contributed by atoms with Gasteiger partial charge in [0.25, 0.3) is 0 Å². The Balaban J connectivity index is 1.35. The number of nitrogens with zero attached hydrogens (tertiary/aromatic N) is 2. The summed E-state index contributed by atoms with van der Waals surface area (Å²) in [6, 6.07) is 16.9. The van der Waals surface area contributed by atoms with Crippen molar-refractivity contribution in [2.75, 3.05) is 13.2 Å². The maximum atomic E-state index is 13.2. The molecule has 0 atom stereocenters. The van der Waals surface area contributed by atoms with Crippen molar-refractivity contribution >= 4 is 16.8 Å². The molecule has 1 aliphatic carbocycles. The normalized spacial score (nSPS) is 17.0. The van der Waals surface area contributed by atoms with Crippen LogP contribution in [0.25, 0.3) is 10.9 Å². The van der Waals surface area contributed by atoms with Crippen molar-refractivity contribution in [3.63, 3.8) is 0 Å². The van der Waals surface area contributed by atoms with E-state index in [-0.39, 0.29) is 5.92 Å². The Morgan fingerprint density at radius 1 is 1.03 bits per heavy atom. The number of benzene rings is 2. The van der Waals surface area contributed by atoms with Crippen LogP contribution in [0.3, 0.4) is 0 Å². The molecule has 4 nitrogen and oxygen atoms in total. The number of carbonyl (C=O) groups is 1. The summed E-state index contributed by atoms with van der Waals surface area (Å²) in [5, 5.41) is 1.29. The monoisotopic (exact) mass is 416 g/mol. The Labute approximate surface area is 184 Å². The first-order valence-corrected chi connectivity index (χ1v) is 11.8. The van der Waals surface area contributed by atoms with Crippen molar-refractivity contribution in [1.29, 1.82) is 0 Å². The van der Waals surface area contributed by atoms with E-state index < -0.39 is 0 Å². The molecule has 0 unspecified atom stereocenters. The predicted molar refractivity (Wildman–Crippen MR) is 124 cm³/mol. The molecule has 1 saturated carbocycles. The Kier molecular flexibility index (Phi) is 5.71. The van der Waals surface area contributed by atoms with Crippen molar-refractivity contribution in [2.24, 2.45) is 5.92 Å². The summed E-state index contributed by atoms with van der Waals surface area (Å²) in [5.74, 6) is 1.54. The van der Waals surface area contributed by atoms with E-state index in [0.29, 0.717) is 12.5 Å². The quantitative estimate of drug-likeness (QED) is 0.551. The van der Waals surface area contributed by atoms with Crippen molar-refractivity contribution in [3.05, 3.63) is 65.4 Å². The molecule has 1 fully saturated rings. The van der Waals surface area contributed by atoms with Crippen LogP contribution in [0.2, 0.25) is 0 Å². The van der Waals surface area contributed by atoms with E-state index in [9.17, 15) is 4.79 Å². The predicted octanol–water partition coefficient (Wildman–Crippen LogP) is 5.49. The van der Waals surface area contributed by atoms with Crippen molar-refractivity contribution in [3.8, 4) is 5.75 Å². The molecule has 2 aliphatic rings. The van der Waals surface area contributed by atoms with E-state index in [2.05, 4.69) is 52.8 Å². The average molecular weight is 417 g/mol. The maximum Gasteiger partial charge on any atom is 0.225 e. The molecule has 162 valence electrons. The van der Waals surface area contributed by atoms with Crippen LogP contribution < -0.4 is 4.74 Å². The molecule has 3 aromatic rings. The van der Waals surface area contributed by atoms with Gasteiger partial charge in [0.15, 0.2) is 0 Å². The van der Waals surface area contributed by atoms with Crippen molar-refractivity contribution < 1.29 is 9.53 Å². The smallest absolute Gasteiger partial charge is 0.225 e. The number of para-hydroxylation sites is 1. The van der Waals surface area contributed by atoms with Gasteiger partial charge in [-0.2, -0.15) is 0 Å². The first-order chi connectivity index (χ1) is 15.2. The minimum atomic E-state index is 0.242. The van der Waals surface area contributed by atoms with Crippen molar-refractivity contribution in [1.82, 2.24) is 9.47 Å². The summed E-state index contributed by atoms with van der Waals surface area (Å²) in [5.41, 5.74) is 5.21. The minimum Gasteiger partial charge on any atom is -0.492 e. The van der Waals surface area contributed by atoms with Crippen LogP contribution in [0.1, 0.15) is 48.9 Å². The summed E-state index contributed by atoms with van der Waals surface area (Å²) in [4.78, 5) is 15.3. The van der Waals surface area contributed by atoms with Gasteiger partial charge in [0.1, 0.15) is 12.4 Å². The van der Waals surface area contributed by atoms with Gasteiger partial charge in [-0.1, -0.05) is 55.2 Å². The molecule has 4 heteroatoms. The highest BCUT2D eigenvalue weighted by atomic mass is 16.5. The lowest BCUT2D eigenvalue weighted by Gasteiger charge is -2.32. The Hall–Kier alpha value is -2.75. The molecule has 1 amide bonds. The highest BCUT2D eigenvalue weighted by molar-refractivity contribution is 5.87. The van der Waals surface area contributed by atoms with Gasteiger partial charge in [0.05, 0.1) is 6.54 Å². The number of ether oxygens (including phenoxy) is 1. The minimum absolute atomic E-state index is 0.242. The van der Waals surface area contributed by atoms with Crippen LogP contribution in [0.5, 0.6) is 5.75 Å². The number of hydrogen-bond donors (Lipinski definition) is 0. The SMILES string of the molecule is Cc1ccc(OCCn2c3c(c4ccccc42)CN(C(=O)C2CCCCC2)CC3)cc1. The van der Waals surface area contributed by atoms with Gasteiger partial charge >= 0.3 is 0 Å². The van der Waals surface area contributed by atoms with Gasteiger partial charge in [-0.15, -0.1) is 0 Å². The number of aryl methyl sites for hydroxylation is 1. The molecule has 31 heavy (non-hydrogen) atoms. The number of rotatable bonds is 5. The highest BCUT2D eigenvalue weighted by Crippen LogP contribution is 2.33. The summed E-state index contributed by atoms with van der Waals surface area (Å²) in [6.45, 7) is 5.12. The molecule has 0 saturated heterocycles. The van der Waals surface area contributed by atoms with E-state index in [1.165, 1.54) is 47.0 Å². The van der Waals surface area contributed by atoms with Gasteiger partial charge in [-0.05, 0) is 38.0 Å². The van der Waals surface area contributed by atoms with E-state index in [1.54, 1.807) is 0 Å². The van der Waals surface area contributed by atoms with Gasteiger partial charge in [-0.25, -0.2) is 0 Å². The second-order valence-electron chi connectivity index (χ2n) is 9.10. The third kappa shape index (κ3) is 4.08. The summed E-state index contributed by atoms with van der Waals surface area (Å²) >= 11 is 0. The lowest BCUT2D eigenvalue weighted by atomic mass is 9.87. The fourth-order valence-corrected chi connectivity index (χ4v) is 5.34. The summed E-state index contributed by atoms with van der Waals surface area (Å²) in [6.07, 6.45) is 6.76. The Morgan fingerprint density at radius 2 is 1.81 bits per heavy atom. The lowest BCUT2D eigenvalue weighted by molar-refractivity contribution is -0.137. The van der Waals surface area contributed by atoms with Gasteiger partial charge in [0, 0.05) is 47.6 Å². The fourth-order valence-electron chi connectivity index (χ4n) is 5.34. The molecule has 1 aliphatic heterocycles. The second kappa shape index (κ2) is 8.78. The zero-order valence-electron chi connectivity index (χ0n) is 18.5. The van der Waals surface area contributed by atoms with Crippen LogP contribution in [0.4, 0.5) is 0 Å². The molecule has 0 spiro atoms. The van der Waals surface area contributed by atoms with E-state index >= 15 is 0 Å². The van der Waals surface area contributed by atoms with E-state index in [4.69, 9.17) is 4.74 Å². The molecule has 1 aromatic heterocycles. The highest BCUT2D eigenvalue weighted by Gasteiger charge is 2.30. The van der Waals surface area contributed by atoms with Gasteiger partial charge < -0.3 is 14.2 Å². The molecular weight excluding hydrogens is 384 g/mol. The zero-order chi connectivity index (χ0) is 21.2. The van der Waals surface area contributed by atoms with Gasteiger partial charge in [-0.3, -0.25) is 4.79 Å².